The molecule has 1 atom stereocenters. The van der Waals surface area contributed by atoms with Gasteiger partial charge in [0.1, 0.15) is 0 Å². The molecule has 0 saturated heterocycles. The predicted molar refractivity (Wildman–Crippen MR) is 198 cm³/mol. The molecule has 10 rings (SSSR count). The van der Waals surface area contributed by atoms with E-state index in [-0.39, 0.29) is 0 Å². The molecule has 0 amide bonds. The molecule has 2 aliphatic rings. The summed E-state index contributed by atoms with van der Waals surface area (Å²) < 4.78 is 0. The zero-order valence-electron chi connectivity index (χ0n) is 25.6. The lowest BCUT2D eigenvalue weighted by Gasteiger charge is -2.41. The van der Waals surface area contributed by atoms with E-state index in [1.807, 2.05) is 11.8 Å². The molecule has 8 aromatic carbocycles. The Morgan fingerprint density at radius 2 is 1.02 bits per heavy atom. The Balaban J connectivity index is 1.31. The lowest BCUT2D eigenvalue weighted by atomic mass is 9.66. The normalized spacial score (nSPS) is 15.7. The van der Waals surface area contributed by atoms with Crippen molar-refractivity contribution in [3.8, 4) is 11.1 Å². The minimum absolute atomic E-state index is 0.467. The average Bonchev–Trinajstić information content (AvgIpc) is 3.42. The number of fused-ring (bicyclic) bond motifs is 12. The van der Waals surface area contributed by atoms with Gasteiger partial charge in [-0.3, -0.25) is 0 Å². The molecule has 0 radical (unpaired) electrons. The number of hydrogen-bond acceptors (Lipinski definition) is 2. The fourth-order valence-corrected chi connectivity index (χ4v) is 9.36. The van der Waals surface area contributed by atoms with Crippen LogP contribution in [0.5, 0.6) is 0 Å². The fourth-order valence-electron chi connectivity index (χ4n) is 8.15. The number of hydrogen-bond donors (Lipinski definition) is 0. The second kappa shape index (κ2) is 10.2. The third-order valence-corrected chi connectivity index (χ3v) is 11.2. The number of benzene rings is 8. The van der Waals surface area contributed by atoms with Gasteiger partial charge in [0, 0.05) is 26.9 Å². The van der Waals surface area contributed by atoms with E-state index in [1.54, 1.807) is 0 Å². The number of rotatable bonds is 3. The minimum Gasteiger partial charge on any atom is -0.310 e. The topological polar surface area (TPSA) is 3.24 Å². The Labute approximate surface area is 278 Å². The number of para-hydroxylation sites is 1. The Kier molecular flexibility index (Phi) is 5.79. The maximum atomic E-state index is 2.48. The van der Waals surface area contributed by atoms with Gasteiger partial charge >= 0.3 is 0 Å². The average molecular weight is 616 g/mol. The SMILES string of the molecule is c1ccc(N(c2ccc3c(c2)C2(c4ccccc4Sc4ccc5ccccc5c42)c2ccccc2-3)c2ccc3ccccc3c2)cc1. The van der Waals surface area contributed by atoms with Gasteiger partial charge in [0.05, 0.1) is 5.41 Å². The van der Waals surface area contributed by atoms with Crippen LogP contribution in [0.1, 0.15) is 22.3 Å². The first kappa shape index (κ1) is 26.6. The lowest BCUT2D eigenvalue weighted by molar-refractivity contribution is 0.730. The van der Waals surface area contributed by atoms with E-state index in [9.17, 15) is 0 Å². The lowest BCUT2D eigenvalue weighted by Crippen LogP contribution is -2.32. The molecule has 1 spiro atoms. The largest absolute Gasteiger partial charge is 0.310 e. The van der Waals surface area contributed by atoms with Crippen molar-refractivity contribution in [2.75, 3.05) is 4.90 Å². The van der Waals surface area contributed by atoms with Gasteiger partial charge in [-0.2, -0.15) is 0 Å². The molecule has 0 saturated carbocycles. The van der Waals surface area contributed by atoms with Crippen LogP contribution < -0.4 is 4.90 Å². The Bertz CT molecular complexity index is 2520. The summed E-state index contributed by atoms with van der Waals surface area (Å²) in [6.45, 7) is 0. The van der Waals surface area contributed by atoms with Gasteiger partial charge in [0.2, 0.25) is 0 Å². The van der Waals surface area contributed by atoms with Gasteiger partial charge in [-0.05, 0) is 103 Å². The van der Waals surface area contributed by atoms with Gasteiger partial charge in [-0.15, -0.1) is 0 Å². The zero-order valence-corrected chi connectivity index (χ0v) is 26.4. The van der Waals surface area contributed by atoms with Gasteiger partial charge < -0.3 is 4.90 Å². The molecule has 0 bridgehead atoms. The molecule has 2 heteroatoms. The second-order valence-electron chi connectivity index (χ2n) is 12.5. The molecule has 1 unspecified atom stereocenters. The molecule has 1 heterocycles. The maximum absolute atomic E-state index is 2.48. The molecule has 8 aromatic rings. The van der Waals surface area contributed by atoms with Crippen molar-refractivity contribution in [1.82, 2.24) is 0 Å². The van der Waals surface area contributed by atoms with E-state index in [1.165, 1.54) is 64.7 Å². The Morgan fingerprint density at radius 1 is 0.383 bits per heavy atom. The smallest absolute Gasteiger partial charge is 0.0742 e. The summed E-state index contributed by atoms with van der Waals surface area (Å²) >= 11 is 1.90. The number of anilines is 3. The van der Waals surface area contributed by atoms with Crippen LogP contribution in [-0.2, 0) is 5.41 Å². The zero-order chi connectivity index (χ0) is 31.0. The first-order valence-electron chi connectivity index (χ1n) is 16.2. The van der Waals surface area contributed by atoms with E-state index in [2.05, 4.69) is 181 Å². The van der Waals surface area contributed by atoms with Crippen LogP contribution in [-0.4, -0.2) is 0 Å². The Morgan fingerprint density at radius 3 is 1.91 bits per heavy atom. The van der Waals surface area contributed by atoms with Crippen LogP contribution in [0.15, 0.2) is 186 Å². The maximum Gasteiger partial charge on any atom is 0.0742 e. The molecule has 1 aliphatic carbocycles. The van der Waals surface area contributed by atoms with E-state index in [4.69, 9.17) is 0 Å². The molecular weight excluding hydrogens is 587 g/mol. The van der Waals surface area contributed by atoms with Crippen molar-refractivity contribution in [2.45, 2.75) is 15.2 Å². The minimum atomic E-state index is -0.467. The predicted octanol–water partition coefficient (Wildman–Crippen LogP) is 12.3. The summed E-state index contributed by atoms with van der Waals surface area (Å²) in [6, 6.07) is 65.1. The summed E-state index contributed by atoms with van der Waals surface area (Å²) in [5, 5.41) is 5.06. The van der Waals surface area contributed by atoms with E-state index in [0.29, 0.717) is 0 Å². The fraction of sp³-hybridized carbons (Fsp3) is 0.0222. The van der Waals surface area contributed by atoms with Crippen LogP contribution in [0, 0.1) is 0 Å². The summed E-state index contributed by atoms with van der Waals surface area (Å²) in [6.07, 6.45) is 0. The van der Waals surface area contributed by atoms with Gasteiger partial charge in [0.25, 0.3) is 0 Å². The monoisotopic (exact) mass is 615 g/mol. The van der Waals surface area contributed by atoms with E-state index >= 15 is 0 Å². The third kappa shape index (κ3) is 3.80. The van der Waals surface area contributed by atoms with Gasteiger partial charge in [-0.25, -0.2) is 0 Å². The quantitative estimate of drug-likeness (QED) is 0.195. The highest BCUT2D eigenvalue weighted by Gasteiger charge is 2.51. The van der Waals surface area contributed by atoms with Crippen molar-refractivity contribution in [1.29, 1.82) is 0 Å². The van der Waals surface area contributed by atoms with Crippen molar-refractivity contribution >= 4 is 50.4 Å². The van der Waals surface area contributed by atoms with Crippen LogP contribution in [0.4, 0.5) is 17.1 Å². The van der Waals surface area contributed by atoms with E-state index in [0.717, 1.165) is 17.1 Å². The first-order valence-corrected chi connectivity index (χ1v) is 17.0. The molecule has 0 aromatic heterocycles. The molecule has 1 nitrogen and oxygen atoms in total. The van der Waals surface area contributed by atoms with Crippen molar-refractivity contribution in [3.63, 3.8) is 0 Å². The highest BCUT2D eigenvalue weighted by Crippen LogP contribution is 2.64. The molecule has 0 fully saturated rings. The van der Waals surface area contributed by atoms with Crippen molar-refractivity contribution in [2.24, 2.45) is 0 Å². The molecule has 220 valence electrons. The van der Waals surface area contributed by atoms with Crippen LogP contribution >= 0.6 is 11.8 Å². The van der Waals surface area contributed by atoms with E-state index < -0.39 is 5.41 Å². The standard InChI is InChI=1S/C45H29NS/c1-2-15-33(16-3-1)46(34-24-22-30-12-4-5-14-32(30)28-34)35-25-26-38-37-18-8-9-19-39(37)45(41(38)29-35)40-20-10-11-21-42(40)47-43-27-23-31-13-6-7-17-36(31)44(43)45/h1-29H. The highest BCUT2D eigenvalue weighted by molar-refractivity contribution is 7.99. The third-order valence-electron chi connectivity index (χ3n) is 10.1. The van der Waals surface area contributed by atoms with Crippen molar-refractivity contribution in [3.05, 3.63) is 198 Å². The first-order chi connectivity index (χ1) is 23.3. The molecule has 1 aliphatic heterocycles. The van der Waals surface area contributed by atoms with Gasteiger partial charge in [0.15, 0.2) is 0 Å². The molecular formula is C45H29NS. The summed E-state index contributed by atoms with van der Waals surface area (Å²) in [5.74, 6) is 0. The summed E-state index contributed by atoms with van der Waals surface area (Å²) in [5.41, 5.74) is 11.0. The van der Waals surface area contributed by atoms with Crippen LogP contribution in [0.25, 0.3) is 32.7 Å². The van der Waals surface area contributed by atoms with Gasteiger partial charge in [-0.1, -0.05) is 139 Å². The molecule has 0 N–H and O–H groups in total. The summed E-state index contributed by atoms with van der Waals surface area (Å²) in [7, 11) is 0. The highest BCUT2D eigenvalue weighted by atomic mass is 32.2. The van der Waals surface area contributed by atoms with Crippen LogP contribution in [0.3, 0.4) is 0 Å². The Hall–Kier alpha value is -5.57. The summed E-state index contributed by atoms with van der Waals surface area (Å²) in [4.78, 5) is 5.05. The van der Waals surface area contributed by atoms with Crippen LogP contribution in [0.2, 0.25) is 0 Å². The van der Waals surface area contributed by atoms with Crippen molar-refractivity contribution < 1.29 is 0 Å². The molecule has 47 heavy (non-hydrogen) atoms. The second-order valence-corrected chi connectivity index (χ2v) is 13.6. The number of nitrogens with zero attached hydrogens (tertiary/aromatic N) is 1.